The van der Waals surface area contributed by atoms with Crippen LogP contribution in [0.15, 0.2) is 36.4 Å². The van der Waals surface area contributed by atoms with E-state index in [1.165, 1.54) is 26.4 Å². The molecule has 2 aromatic rings. The van der Waals surface area contributed by atoms with Crippen molar-refractivity contribution in [2.45, 2.75) is 52.1 Å². The molecule has 4 nitrogen and oxygen atoms in total. The van der Waals surface area contributed by atoms with Crippen LogP contribution in [0.1, 0.15) is 38.8 Å². The van der Waals surface area contributed by atoms with Crippen LogP contribution in [0.2, 0.25) is 0 Å². The SMILES string of the molecule is COc1cc(NC(C)C)cc(C(F)(F)F)c1.COc1cc(NC(C)C)cc(C(F)(F)F)c1. The monoisotopic (exact) mass is 466 g/mol. The lowest BCUT2D eigenvalue weighted by molar-refractivity contribution is -0.138. The summed E-state index contributed by atoms with van der Waals surface area (Å²) in [6.07, 6.45) is -8.72. The van der Waals surface area contributed by atoms with Crippen molar-refractivity contribution in [1.82, 2.24) is 0 Å². The molecule has 0 saturated heterocycles. The van der Waals surface area contributed by atoms with Crippen molar-refractivity contribution in [3.05, 3.63) is 47.5 Å². The van der Waals surface area contributed by atoms with Gasteiger partial charge in [0, 0.05) is 35.6 Å². The minimum atomic E-state index is -4.36. The van der Waals surface area contributed by atoms with Gasteiger partial charge in [-0.05, 0) is 52.0 Å². The molecule has 180 valence electrons. The van der Waals surface area contributed by atoms with Gasteiger partial charge in [-0.3, -0.25) is 0 Å². The topological polar surface area (TPSA) is 42.5 Å². The predicted molar refractivity (Wildman–Crippen MR) is 114 cm³/mol. The molecule has 0 saturated carbocycles. The van der Waals surface area contributed by atoms with Crippen LogP contribution in [-0.2, 0) is 12.4 Å². The third kappa shape index (κ3) is 9.15. The van der Waals surface area contributed by atoms with Gasteiger partial charge < -0.3 is 20.1 Å². The Bertz CT molecular complexity index is 793. The first-order chi connectivity index (χ1) is 14.6. The van der Waals surface area contributed by atoms with Gasteiger partial charge in [0.15, 0.2) is 0 Å². The maximum absolute atomic E-state index is 12.5. The summed E-state index contributed by atoms with van der Waals surface area (Å²) in [4.78, 5) is 0. The number of anilines is 2. The van der Waals surface area contributed by atoms with Gasteiger partial charge in [-0.2, -0.15) is 26.3 Å². The molecule has 2 rings (SSSR count). The number of ether oxygens (including phenoxy) is 2. The quantitative estimate of drug-likeness (QED) is 0.447. The number of rotatable bonds is 6. The Kier molecular flexibility index (Phi) is 9.53. The zero-order valence-electron chi connectivity index (χ0n) is 18.7. The minimum Gasteiger partial charge on any atom is -0.497 e. The molecule has 0 heterocycles. The van der Waals surface area contributed by atoms with E-state index >= 15 is 0 Å². The molecule has 0 atom stereocenters. The number of methoxy groups -OCH3 is 2. The highest BCUT2D eigenvalue weighted by Gasteiger charge is 2.32. The van der Waals surface area contributed by atoms with E-state index in [9.17, 15) is 26.3 Å². The zero-order valence-corrected chi connectivity index (χ0v) is 18.7. The fourth-order valence-corrected chi connectivity index (χ4v) is 2.59. The van der Waals surface area contributed by atoms with Crippen molar-refractivity contribution >= 4 is 11.4 Å². The molecule has 0 unspecified atom stereocenters. The molecule has 0 radical (unpaired) electrons. The summed E-state index contributed by atoms with van der Waals surface area (Å²) in [6, 6.07) is 7.30. The normalized spacial score (nSPS) is 11.7. The van der Waals surface area contributed by atoms with Crippen LogP contribution in [0, 0.1) is 0 Å². The van der Waals surface area contributed by atoms with Gasteiger partial charge in [-0.15, -0.1) is 0 Å². The van der Waals surface area contributed by atoms with Crippen LogP contribution in [-0.4, -0.2) is 26.3 Å². The van der Waals surface area contributed by atoms with E-state index in [4.69, 9.17) is 9.47 Å². The van der Waals surface area contributed by atoms with E-state index in [1.807, 2.05) is 27.7 Å². The Hall–Kier alpha value is -2.78. The van der Waals surface area contributed by atoms with Crippen LogP contribution in [0.4, 0.5) is 37.7 Å². The number of nitrogens with one attached hydrogen (secondary N) is 2. The maximum atomic E-state index is 12.5. The lowest BCUT2D eigenvalue weighted by Crippen LogP contribution is -2.12. The Morgan fingerprint density at radius 3 is 1.12 bits per heavy atom. The lowest BCUT2D eigenvalue weighted by atomic mass is 10.1. The highest BCUT2D eigenvalue weighted by atomic mass is 19.4. The van der Waals surface area contributed by atoms with Crippen LogP contribution in [0.25, 0.3) is 0 Å². The third-order valence-corrected chi connectivity index (χ3v) is 3.85. The molecule has 0 spiro atoms. The summed E-state index contributed by atoms with van der Waals surface area (Å²) in [6.45, 7) is 7.42. The molecular weight excluding hydrogens is 438 g/mol. The van der Waals surface area contributed by atoms with Gasteiger partial charge in [0.2, 0.25) is 0 Å². The molecule has 0 aliphatic carbocycles. The zero-order chi connectivity index (χ0) is 24.7. The Morgan fingerprint density at radius 2 is 0.906 bits per heavy atom. The van der Waals surface area contributed by atoms with Crippen molar-refractivity contribution in [3.63, 3.8) is 0 Å². The number of alkyl halides is 6. The average molecular weight is 466 g/mol. The number of hydrogen-bond donors (Lipinski definition) is 2. The van der Waals surface area contributed by atoms with Gasteiger partial charge >= 0.3 is 12.4 Å². The van der Waals surface area contributed by atoms with Gasteiger partial charge in [-0.25, -0.2) is 0 Å². The molecule has 0 aliphatic heterocycles. The van der Waals surface area contributed by atoms with Crippen molar-refractivity contribution in [2.24, 2.45) is 0 Å². The second-order valence-corrected chi connectivity index (χ2v) is 7.49. The summed E-state index contributed by atoms with van der Waals surface area (Å²) >= 11 is 0. The number of benzene rings is 2. The van der Waals surface area contributed by atoms with Crippen molar-refractivity contribution in [2.75, 3.05) is 24.9 Å². The van der Waals surface area contributed by atoms with Crippen LogP contribution >= 0.6 is 0 Å². The summed E-state index contributed by atoms with van der Waals surface area (Å²) in [5.41, 5.74) is -0.617. The summed E-state index contributed by atoms with van der Waals surface area (Å²) in [5.74, 6) is 0.385. The molecular formula is C22H28F6N2O2. The van der Waals surface area contributed by atoms with E-state index in [-0.39, 0.29) is 23.6 Å². The molecule has 0 aromatic heterocycles. The molecule has 2 aromatic carbocycles. The van der Waals surface area contributed by atoms with Crippen molar-refractivity contribution in [3.8, 4) is 11.5 Å². The van der Waals surface area contributed by atoms with Gasteiger partial charge in [0.1, 0.15) is 11.5 Å². The van der Waals surface area contributed by atoms with Crippen molar-refractivity contribution < 1.29 is 35.8 Å². The molecule has 32 heavy (non-hydrogen) atoms. The highest BCUT2D eigenvalue weighted by molar-refractivity contribution is 5.53. The van der Waals surface area contributed by atoms with E-state index in [0.717, 1.165) is 24.3 Å². The van der Waals surface area contributed by atoms with E-state index in [1.54, 1.807) is 0 Å². The Labute approximate surface area is 183 Å². The van der Waals surface area contributed by atoms with E-state index in [0.29, 0.717) is 11.4 Å². The van der Waals surface area contributed by atoms with Gasteiger partial charge in [-0.1, -0.05) is 0 Å². The number of hydrogen-bond acceptors (Lipinski definition) is 4. The van der Waals surface area contributed by atoms with E-state index < -0.39 is 23.5 Å². The van der Waals surface area contributed by atoms with Gasteiger partial charge in [0.05, 0.1) is 25.3 Å². The molecule has 0 fully saturated rings. The standard InChI is InChI=1S/2C11H14F3NO/c2*1-7(2)15-9-4-8(11(12,13)14)5-10(6-9)16-3/h2*4-7,15H,1-3H3. The first-order valence-electron chi connectivity index (χ1n) is 9.71. The molecule has 10 heteroatoms. The first kappa shape index (κ1) is 27.3. The first-order valence-corrected chi connectivity index (χ1v) is 9.71. The molecule has 0 bridgehead atoms. The molecule has 0 aliphatic rings. The molecule has 0 amide bonds. The van der Waals surface area contributed by atoms with Crippen molar-refractivity contribution in [1.29, 1.82) is 0 Å². The highest BCUT2D eigenvalue weighted by Crippen LogP contribution is 2.35. The third-order valence-electron chi connectivity index (χ3n) is 3.85. The van der Waals surface area contributed by atoms with Gasteiger partial charge in [0.25, 0.3) is 0 Å². The fraction of sp³-hybridized carbons (Fsp3) is 0.455. The summed E-state index contributed by atoms with van der Waals surface area (Å²) < 4.78 is 84.9. The lowest BCUT2D eigenvalue weighted by Gasteiger charge is -2.14. The van der Waals surface area contributed by atoms with E-state index in [2.05, 4.69) is 10.6 Å². The maximum Gasteiger partial charge on any atom is 0.416 e. The average Bonchev–Trinajstić information content (AvgIpc) is 2.65. The summed E-state index contributed by atoms with van der Waals surface area (Å²) in [5, 5.41) is 5.82. The number of halogens is 6. The Morgan fingerprint density at radius 1 is 0.594 bits per heavy atom. The second kappa shape index (κ2) is 11.2. The largest absolute Gasteiger partial charge is 0.497 e. The fourth-order valence-electron chi connectivity index (χ4n) is 2.59. The summed E-state index contributed by atoms with van der Waals surface area (Å²) in [7, 11) is 2.68. The Balaban J connectivity index is 0.000000320. The van der Waals surface area contributed by atoms with Crippen LogP contribution < -0.4 is 20.1 Å². The minimum absolute atomic E-state index is 0.0631. The van der Waals surface area contributed by atoms with Crippen LogP contribution in [0.5, 0.6) is 11.5 Å². The van der Waals surface area contributed by atoms with Crippen LogP contribution in [0.3, 0.4) is 0 Å². The predicted octanol–water partition coefficient (Wildman–Crippen LogP) is 7.07. The second-order valence-electron chi connectivity index (χ2n) is 7.49. The molecule has 2 N–H and O–H groups in total. The smallest absolute Gasteiger partial charge is 0.416 e.